The lowest BCUT2D eigenvalue weighted by molar-refractivity contribution is 0.379. The van der Waals surface area contributed by atoms with E-state index in [9.17, 15) is 4.79 Å². The summed E-state index contributed by atoms with van der Waals surface area (Å²) in [7, 11) is 3.30. The molecule has 0 amide bonds. The Hall–Kier alpha value is -2.37. The lowest BCUT2D eigenvalue weighted by Gasteiger charge is -2.09. The van der Waals surface area contributed by atoms with Gasteiger partial charge in [0.25, 0.3) is 5.56 Å². The van der Waals surface area contributed by atoms with Crippen LogP contribution in [-0.2, 0) is 6.54 Å². The van der Waals surface area contributed by atoms with Crippen LogP contribution in [0.5, 0.6) is 5.88 Å². The second-order valence-corrected chi connectivity index (χ2v) is 3.63. The zero-order valence-corrected chi connectivity index (χ0v) is 10.3. The van der Waals surface area contributed by atoms with E-state index >= 15 is 0 Å². The van der Waals surface area contributed by atoms with E-state index in [-0.39, 0.29) is 5.56 Å². The van der Waals surface area contributed by atoms with Gasteiger partial charge in [-0.3, -0.25) is 4.79 Å². The number of hydrogen-bond acceptors (Lipinski definition) is 5. The molecule has 6 nitrogen and oxygen atoms in total. The van der Waals surface area contributed by atoms with Gasteiger partial charge in [0, 0.05) is 30.9 Å². The smallest absolute Gasteiger partial charge is 0.267 e. The molecule has 0 aliphatic rings. The predicted molar refractivity (Wildman–Crippen MR) is 67.9 cm³/mol. The monoisotopic (exact) mass is 246 g/mol. The minimum atomic E-state index is -0.179. The summed E-state index contributed by atoms with van der Waals surface area (Å²) in [6.07, 6.45) is 1.69. The normalized spacial score (nSPS) is 10.1. The molecule has 0 saturated heterocycles. The third-order valence-corrected chi connectivity index (χ3v) is 2.50. The maximum atomic E-state index is 11.7. The maximum Gasteiger partial charge on any atom is 0.267 e. The molecule has 0 unspecified atom stereocenters. The van der Waals surface area contributed by atoms with Crippen LogP contribution in [0.4, 0.5) is 5.82 Å². The van der Waals surface area contributed by atoms with Crippen LogP contribution in [0.2, 0.25) is 0 Å². The van der Waals surface area contributed by atoms with Gasteiger partial charge in [0.2, 0.25) is 5.88 Å². The molecule has 1 N–H and O–H groups in total. The molecule has 94 valence electrons. The molecule has 0 atom stereocenters. The summed E-state index contributed by atoms with van der Waals surface area (Å²) in [6.45, 7) is 0.347. The molecule has 0 aliphatic carbocycles. The second-order valence-electron chi connectivity index (χ2n) is 3.63. The van der Waals surface area contributed by atoms with Gasteiger partial charge in [0.05, 0.1) is 13.7 Å². The zero-order valence-electron chi connectivity index (χ0n) is 10.3. The molecule has 0 radical (unpaired) electrons. The summed E-state index contributed by atoms with van der Waals surface area (Å²) in [5.41, 5.74) is 0.713. The molecule has 2 aromatic heterocycles. The number of anilines is 1. The summed E-state index contributed by atoms with van der Waals surface area (Å²) in [5, 5.41) is 7.07. The number of aromatic nitrogens is 3. The Morgan fingerprint density at radius 3 is 2.94 bits per heavy atom. The van der Waals surface area contributed by atoms with Crippen LogP contribution in [0.3, 0.4) is 0 Å². The maximum absolute atomic E-state index is 11.7. The van der Waals surface area contributed by atoms with Crippen molar-refractivity contribution in [2.75, 3.05) is 19.5 Å². The van der Waals surface area contributed by atoms with E-state index in [2.05, 4.69) is 15.4 Å². The fourth-order valence-electron chi connectivity index (χ4n) is 1.60. The Morgan fingerprint density at radius 2 is 2.22 bits per heavy atom. The van der Waals surface area contributed by atoms with Crippen LogP contribution < -0.4 is 15.6 Å². The highest BCUT2D eigenvalue weighted by Crippen LogP contribution is 2.11. The molecule has 18 heavy (non-hydrogen) atoms. The van der Waals surface area contributed by atoms with Crippen LogP contribution in [-0.4, -0.2) is 28.9 Å². The van der Waals surface area contributed by atoms with Gasteiger partial charge in [-0.05, 0) is 6.07 Å². The van der Waals surface area contributed by atoms with Gasteiger partial charge < -0.3 is 10.1 Å². The minimum Gasteiger partial charge on any atom is -0.480 e. The Bertz CT molecular complexity index is 595. The van der Waals surface area contributed by atoms with Crippen molar-refractivity contribution >= 4 is 5.82 Å². The first kappa shape index (κ1) is 12.1. The minimum absolute atomic E-state index is 0.179. The van der Waals surface area contributed by atoms with Gasteiger partial charge >= 0.3 is 0 Å². The molecule has 0 bridgehead atoms. The number of rotatable bonds is 4. The largest absolute Gasteiger partial charge is 0.480 e. The summed E-state index contributed by atoms with van der Waals surface area (Å²) >= 11 is 0. The number of methoxy groups -OCH3 is 1. The van der Waals surface area contributed by atoms with Crippen LogP contribution in [0.1, 0.15) is 5.56 Å². The predicted octanol–water partition coefficient (Wildman–Crippen LogP) is 0.737. The van der Waals surface area contributed by atoms with Gasteiger partial charge in [-0.2, -0.15) is 0 Å². The third-order valence-electron chi connectivity index (χ3n) is 2.50. The van der Waals surface area contributed by atoms with Crippen LogP contribution in [0.25, 0.3) is 0 Å². The van der Waals surface area contributed by atoms with Crippen molar-refractivity contribution in [2.45, 2.75) is 6.54 Å². The van der Waals surface area contributed by atoms with E-state index in [0.717, 1.165) is 11.4 Å². The van der Waals surface area contributed by atoms with Gasteiger partial charge in [-0.15, -0.1) is 5.10 Å². The van der Waals surface area contributed by atoms with Crippen molar-refractivity contribution in [3.8, 4) is 5.88 Å². The average molecular weight is 246 g/mol. The van der Waals surface area contributed by atoms with E-state index in [1.165, 1.54) is 17.9 Å². The van der Waals surface area contributed by atoms with Crippen LogP contribution >= 0.6 is 0 Å². The second kappa shape index (κ2) is 5.31. The Morgan fingerprint density at radius 1 is 1.39 bits per heavy atom. The summed E-state index contributed by atoms with van der Waals surface area (Å²) < 4.78 is 6.35. The van der Waals surface area contributed by atoms with Crippen molar-refractivity contribution in [2.24, 2.45) is 0 Å². The van der Waals surface area contributed by atoms with E-state index in [0.29, 0.717) is 12.4 Å². The lowest BCUT2D eigenvalue weighted by atomic mass is 10.2. The molecule has 2 rings (SSSR count). The van der Waals surface area contributed by atoms with Crippen molar-refractivity contribution in [3.63, 3.8) is 0 Å². The molecular formula is C12H14N4O2. The van der Waals surface area contributed by atoms with Gasteiger partial charge in [0.1, 0.15) is 5.82 Å². The Labute approximate surface area is 104 Å². The number of hydrogen-bond donors (Lipinski definition) is 1. The van der Waals surface area contributed by atoms with Crippen molar-refractivity contribution in [3.05, 3.63) is 46.4 Å². The third kappa shape index (κ3) is 2.48. The van der Waals surface area contributed by atoms with E-state index < -0.39 is 0 Å². The topological polar surface area (TPSA) is 69.0 Å². The highest BCUT2D eigenvalue weighted by Gasteiger charge is 2.05. The van der Waals surface area contributed by atoms with Gasteiger partial charge in [0.15, 0.2) is 0 Å². The van der Waals surface area contributed by atoms with E-state index in [1.807, 2.05) is 12.1 Å². The van der Waals surface area contributed by atoms with Crippen LogP contribution in [0.15, 0.2) is 35.3 Å². The lowest BCUT2D eigenvalue weighted by Crippen LogP contribution is -2.23. The Kier molecular flexibility index (Phi) is 3.57. The number of ether oxygens (including phenoxy) is 1. The molecule has 0 aliphatic heterocycles. The van der Waals surface area contributed by atoms with E-state index in [1.54, 1.807) is 19.3 Å². The van der Waals surface area contributed by atoms with Crippen molar-refractivity contribution in [1.29, 1.82) is 0 Å². The number of nitrogens with one attached hydrogen (secondary N) is 1. The van der Waals surface area contributed by atoms with Gasteiger partial charge in [-0.1, -0.05) is 6.07 Å². The van der Waals surface area contributed by atoms with E-state index in [4.69, 9.17) is 4.74 Å². The molecule has 0 fully saturated rings. The quantitative estimate of drug-likeness (QED) is 0.861. The summed E-state index contributed by atoms with van der Waals surface area (Å²) in [4.78, 5) is 15.9. The van der Waals surface area contributed by atoms with Crippen LogP contribution in [0, 0.1) is 0 Å². The molecule has 2 heterocycles. The number of nitrogens with zero attached hydrogens (tertiary/aromatic N) is 3. The number of pyridine rings is 1. The molecule has 0 aromatic carbocycles. The summed E-state index contributed by atoms with van der Waals surface area (Å²) in [6, 6.07) is 6.69. The molecule has 2 aromatic rings. The highest BCUT2D eigenvalue weighted by molar-refractivity contribution is 5.42. The van der Waals surface area contributed by atoms with Crippen molar-refractivity contribution in [1.82, 2.24) is 14.8 Å². The summed E-state index contributed by atoms with van der Waals surface area (Å²) in [5.74, 6) is 1.14. The molecule has 0 spiro atoms. The Balaban J connectivity index is 2.36. The SMILES string of the molecule is CNc1ncccc1Cn1nc(OC)ccc1=O. The zero-order chi connectivity index (χ0) is 13.0. The highest BCUT2D eigenvalue weighted by atomic mass is 16.5. The fraction of sp³-hybridized carbons (Fsp3) is 0.250. The molecule has 6 heteroatoms. The van der Waals surface area contributed by atoms with Gasteiger partial charge in [-0.25, -0.2) is 9.67 Å². The standard InChI is InChI=1S/C12H14N4O2/c1-13-12-9(4-3-7-14-12)8-16-11(17)6-5-10(15-16)18-2/h3-7H,8H2,1-2H3,(H,13,14). The first-order chi connectivity index (χ1) is 8.74. The van der Waals surface area contributed by atoms with Crippen molar-refractivity contribution < 1.29 is 4.74 Å². The molecular weight excluding hydrogens is 232 g/mol. The fourth-order valence-corrected chi connectivity index (χ4v) is 1.60. The first-order valence-electron chi connectivity index (χ1n) is 5.48. The molecule has 0 saturated carbocycles. The first-order valence-corrected chi connectivity index (χ1v) is 5.48. The average Bonchev–Trinajstić information content (AvgIpc) is 2.42.